The number of rotatable bonds is 6. The summed E-state index contributed by atoms with van der Waals surface area (Å²) < 4.78 is 58.3. The molecule has 0 saturated carbocycles. The summed E-state index contributed by atoms with van der Waals surface area (Å²) in [6.45, 7) is 1.67. The zero-order valence-corrected chi connectivity index (χ0v) is 20.7. The largest absolute Gasteiger partial charge is 0.490 e. The summed E-state index contributed by atoms with van der Waals surface area (Å²) in [5.74, 6) is -0.131. The molecule has 10 heteroatoms. The number of amides is 1. The standard InChI is InChI=1S/C28H28F4N4O2/c29-25-23(16-24(26(33)35-25)18-3-6-22-19(15-18)7-11-34-27(22)37)17-1-4-20(5-2-17)38-21-8-12-36(13-9-21)14-10-28(30,31)32/h1-6,15-16,21H,7-14H2,(H2,33,35)(H,34,37). The molecule has 3 N–H and O–H groups in total. The van der Waals surface area contributed by atoms with Crippen molar-refractivity contribution in [1.29, 1.82) is 0 Å². The SMILES string of the molecule is Nc1nc(F)c(-c2ccc(OC3CCN(CCC(F)(F)F)CC3)cc2)cc1-c1ccc2c(c1)CCNC2=O. The third kappa shape index (κ3) is 5.91. The number of likely N-dealkylation sites (tertiary alicyclic amines) is 1. The van der Waals surface area contributed by atoms with Crippen molar-refractivity contribution in [1.82, 2.24) is 15.2 Å². The van der Waals surface area contributed by atoms with E-state index in [2.05, 4.69) is 10.3 Å². The Morgan fingerprint density at radius 1 is 1.00 bits per heavy atom. The number of hydrogen-bond donors (Lipinski definition) is 2. The first-order valence-corrected chi connectivity index (χ1v) is 12.6. The van der Waals surface area contributed by atoms with Gasteiger partial charge in [-0.1, -0.05) is 24.3 Å². The molecular weight excluding hydrogens is 500 g/mol. The smallest absolute Gasteiger partial charge is 0.390 e. The molecule has 1 fully saturated rings. The highest BCUT2D eigenvalue weighted by molar-refractivity contribution is 5.97. The van der Waals surface area contributed by atoms with Crippen LogP contribution in [0.15, 0.2) is 48.5 Å². The first kappa shape index (κ1) is 26.0. The number of alkyl halides is 3. The van der Waals surface area contributed by atoms with E-state index >= 15 is 0 Å². The highest BCUT2D eigenvalue weighted by Gasteiger charge is 2.29. The van der Waals surface area contributed by atoms with Crippen LogP contribution in [-0.4, -0.2) is 54.3 Å². The van der Waals surface area contributed by atoms with Crippen molar-refractivity contribution in [3.63, 3.8) is 0 Å². The monoisotopic (exact) mass is 528 g/mol. The molecule has 6 nitrogen and oxygen atoms in total. The van der Waals surface area contributed by atoms with E-state index in [1.807, 2.05) is 11.0 Å². The maximum atomic E-state index is 14.9. The number of anilines is 1. The molecule has 38 heavy (non-hydrogen) atoms. The predicted octanol–water partition coefficient (Wildman–Crippen LogP) is 5.22. The number of pyridine rings is 1. The maximum Gasteiger partial charge on any atom is 0.390 e. The van der Waals surface area contributed by atoms with Crippen LogP contribution in [0.5, 0.6) is 5.75 Å². The number of nitrogen functional groups attached to an aromatic ring is 1. The molecule has 1 amide bonds. The van der Waals surface area contributed by atoms with Crippen molar-refractivity contribution in [2.24, 2.45) is 0 Å². The van der Waals surface area contributed by atoms with Crippen molar-refractivity contribution in [3.8, 4) is 28.0 Å². The second-order valence-electron chi connectivity index (χ2n) is 9.69. The Morgan fingerprint density at radius 3 is 2.42 bits per heavy atom. The lowest BCUT2D eigenvalue weighted by Gasteiger charge is -2.32. The molecule has 0 unspecified atom stereocenters. The van der Waals surface area contributed by atoms with E-state index in [0.29, 0.717) is 61.3 Å². The number of benzene rings is 2. The van der Waals surface area contributed by atoms with Gasteiger partial charge in [0.15, 0.2) is 0 Å². The van der Waals surface area contributed by atoms with Gasteiger partial charge in [-0.05, 0) is 60.2 Å². The van der Waals surface area contributed by atoms with Crippen LogP contribution in [0, 0.1) is 5.95 Å². The van der Waals surface area contributed by atoms with Crippen LogP contribution in [0.1, 0.15) is 35.2 Å². The van der Waals surface area contributed by atoms with Crippen LogP contribution in [-0.2, 0) is 6.42 Å². The van der Waals surface area contributed by atoms with Gasteiger partial charge in [0.1, 0.15) is 17.7 Å². The third-order valence-electron chi connectivity index (χ3n) is 7.06. The van der Waals surface area contributed by atoms with Gasteiger partial charge in [0.05, 0.1) is 6.42 Å². The molecule has 0 spiro atoms. The number of carbonyl (C=O) groups is 1. The molecule has 3 aromatic rings. The number of nitrogens with two attached hydrogens (primary N) is 1. The topological polar surface area (TPSA) is 80.5 Å². The van der Waals surface area contributed by atoms with Gasteiger partial charge in [0, 0.05) is 42.9 Å². The lowest BCUT2D eigenvalue weighted by atomic mass is 9.94. The number of nitrogens with zero attached hydrogens (tertiary/aromatic N) is 2. The molecule has 0 radical (unpaired) electrons. The quantitative estimate of drug-likeness (QED) is 0.339. The number of fused-ring (bicyclic) bond motifs is 1. The van der Waals surface area contributed by atoms with Gasteiger partial charge in [0.2, 0.25) is 5.95 Å². The van der Waals surface area contributed by atoms with Gasteiger partial charge in [-0.25, -0.2) is 4.98 Å². The molecule has 2 aliphatic heterocycles. The van der Waals surface area contributed by atoms with E-state index < -0.39 is 18.5 Å². The number of ether oxygens (including phenoxy) is 1. The van der Waals surface area contributed by atoms with Gasteiger partial charge < -0.3 is 20.7 Å². The molecule has 1 saturated heterocycles. The Labute approximate surface area is 217 Å². The summed E-state index contributed by atoms with van der Waals surface area (Å²) in [5, 5.41) is 2.81. The summed E-state index contributed by atoms with van der Waals surface area (Å²) in [6, 6.07) is 14.1. The second kappa shape index (κ2) is 10.6. The lowest BCUT2D eigenvalue weighted by Crippen LogP contribution is -2.39. The maximum absolute atomic E-state index is 14.9. The van der Waals surface area contributed by atoms with Crippen LogP contribution in [0.2, 0.25) is 0 Å². The Balaban J connectivity index is 1.27. The first-order chi connectivity index (χ1) is 18.2. The lowest BCUT2D eigenvalue weighted by molar-refractivity contribution is -0.138. The number of aromatic nitrogens is 1. The average molecular weight is 529 g/mol. The zero-order chi connectivity index (χ0) is 26.9. The van der Waals surface area contributed by atoms with Crippen molar-refractivity contribution in [3.05, 3.63) is 65.6 Å². The fraction of sp³-hybridized carbons (Fsp3) is 0.357. The van der Waals surface area contributed by atoms with Crippen LogP contribution in [0.3, 0.4) is 0 Å². The number of piperidine rings is 1. The summed E-state index contributed by atoms with van der Waals surface area (Å²) in [6.07, 6.45) is -3.06. The van der Waals surface area contributed by atoms with Crippen LogP contribution < -0.4 is 15.8 Å². The number of carbonyl (C=O) groups excluding carboxylic acids is 1. The molecule has 2 aromatic carbocycles. The minimum absolute atomic E-state index is 0.00881. The fourth-order valence-electron chi connectivity index (χ4n) is 4.97. The van der Waals surface area contributed by atoms with E-state index in [4.69, 9.17) is 10.5 Å². The Kier molecular flexibility index (Phi) is 7.25. The zero-order valence-electron chi connectivity index (χ0n) is 20.7. The second-order valence-corrected chi connectivity index (χ2v) is 9.69. The van der Waals surface area contributed by atoms with E-state index in [1.54, 1.807) is 42.5 Å². The molecule has 2 aliphatic rings. The van der Waals surface area contributed by atoms with Gasteiger partial charge in [0.25, 0.3) is 5.91 Å². The fourth-order valence-corrected chi connectivity index (χ4v) is 4.97. The normalized spacial score (nSPS) is 16.7. The highest BCUT2D eigenvalue weighted by Crippen LogP contribution is 2.34. The average Bonchev–Trinajstić information content (AvgIpc) is 2.88. The molecule has 5 rings (SSSR count). The Morgan fingerprint density at radius 2 is 1.71 bits per heavy atom. The summed E-state index contributed by atoms with van der Waals surface area (Å²) in [7, 11) is 0. The number of nitrogens with one attached hydrogen (secondary N) is 1. The van der Waals surface area contributed by atoms with Gasteiger partial charge in [-0.3, -0.25) is 4.79 Å². The molecule has 200 valence electrons. The minimum Gasteiger partial charge on any atom is -0.490 e. The third-order valence-corrected chi connectivity index (χ3v) is 7.06. The summed E-state index contributed by atoms with van der Waals surface area (Å²) in [5.41, 5.74) is 9.82. The first-order valence-electron chi connectivity index (χ1n) is 12.6. The van der Waals surface area contributed by atoms with Crippen molar-refractivity contribution < 1.29 is 27.1 Å². The molecule has 3 heterocycles. The van der Waals surface area contributed by atoms with Crippen molar-refractivity contribution in [2.75, 3.05) is 31.9 Å². The van der Waals surface area contributed by atoms with Gasteiger partial charge in [-0.15, -0.1) is 0 Å². The van der Waals surface area contributed by atoms with Crippen LogP contribution in [0.4, 0.5) is 23.4 Å². The van der Waals surface area contributed by atoms with Crippen molar-refractivity contribution >= 4 is 11.7 Å². The van der Waals surface area contributed by atoms with Crippen LogP contribution in [0.25, 0.3) is 22.3 Å². The van der Waals surface area contributed by atoms with E-state index in [1.165, 1.54) is 0 Å². The van der Waals surface area contributed by atoms with Gasteiger partial charge in [-0.2, -0.15) is 17.6 Å². The molecular formula is C28H28F4N4O2. The van der Waals surface area contributed by atoms with E-state index in [9.17, 15) is 22.4 Å². The number of hydrogen-bond acceptors (Lipinski definition) is 5. The van der Waals surface area contributed by atoms with Crippen LogP contribution >= 0.6 is 0 Å². The molecule has 1 aromatic heterocycles. The predicted molar refractivity (Wildman–Crippen MR) is 136 cm³/mol. The molecule has 0 atom stereocenters. The van der Waals surface area contributed by atoms with E-state index in [0.717, 1.165) is 11.1 Å². The van der Waals surface area contributed by atoms with Gasteiger partial charge >= 0.3 is 6.18 Å². The molecule has 0 aliphatic carbocycles. The van der Waals surface area contributed by atoms with Crippen molar-refractivity contribution in [2.45, 2.75) is 38.0 Å². The Bertz CT molecular complexity index is 1320. The minimum atomic E-state index is -4.14. The number of halogens is 4. The Hall–Kier alpha value is -3.66. The summed E-state index contributed by atoms with van der Waals surface area (Å²) >= 11 is 0. The molecule has 0 bridgehead atoms. The highest BCUT2D eigenvalue weighted by atomic mass is 19.4. The summed E-state index contributed by atoms with van der Waals surface area (Å²) in [4.78, 5) is 17.8. The van der Waals surface area contributed by atoms with E-state index in [-0.39, 0.29) is 29.9 Å².